The van der Waals surface area contributed by atoms with E-state index < -0.39 is 0 Å². The monoisotopic (exact) mass is 205 g/mol. The van der Waals surface area contributed by atoms with Crippen LogP contribution in [0.5, 0.6) is 0 Å². The summed E-state index contributed by atoms with van der Waals surface area (Å²) in [5.41, 5.74) is 1.03. The van der Waals surface area contributed by atoms with Crippen molar-refractivity contribution < 1.29 is 0 Å². The first-order chi connectivity index (χ1) is 6.29. The summed E-state index contributed by atoms with van der Waals surface area (Å²) in [5, 5.41) is 0. The van der Waals surface area contributed by atoms with Gasteiger partial charge in [-0.3, -0.25) is 4.90 Å². The molecule has 0 bridgehead atoms. The van der Waals surface area contributed by atoms with Crippen LogP contribution in [0.25, 0.3) is 0 Å². The molecule has 0 aliphatic carbocycles. The molecular weight excluding hydrogens is 198 g/mol. The molecule has 0 atom stereocenters. The first-order valence-corrected chi connectivity index (χ1v) is 4.72. The zero-order valence-corrected chi connectivity index (χ0v) is 8.44. The van der Waals surface area contributed by atoms with E-state index in [9.17, 15) is 0 Å². The van der Waals surface area contributed by atoms with Crippen molar-refractivity contribution in [2.75, 3.05) is 4.90 Å². The number of anilines is 1. The van der Waals surface area contributed by atoms with Gasteiger partial charge in [-0.2, -0.15) is 0 Å². The Kier molecular flexibility index (Phi) is 2.20. The molecule has 1 aliphatic rings. The Labute approximate surface area is 87.7 Å². The van der Waals surface area contributed by atoms with Gasteiger partial charge in [-0.15, -0.1) is 0 Å². The van der Waals surface area contributed by atoms with E-state index in [0.29, 0.717) is 0 Å². The van der Waals surface area contributed by atoms with Gasteiger partial charge in [0.05, 0.1) is 0 Å². The van der Waals surface area contributed by atoms with Crippen LogP contribution in [0, 0.1) is 0 Å². The van der Waals surface area contributed by atoms with Gasteiger partial charge in [0.15, 0.2) is 0 Å². The van der Waals surface area contributed by atoms with Crippen LogP contribution in [0.3, 0.4) is 0 Å². The highest BCUT2D eigenvalue weighted by Crippen LogP contribution is 2.19. The average Bonchev–Trinajstić information content (AvgIpc) is 2.48. The number of benzene rings is 1. The first-order valence-electron chi connectivity index (χ1n) is 3.90. The topological polar surface area (TPSA) is 3.24 Å². The molecule has 2 rings (SSSR count). The Morgan fingerprint density at radius 3 is 1.92 bits per heavy atom. The third-order valence-electron chi connectivity index (χ3n) is 1.82. The molecule has 13 heavy (non-hydrogen) atoms. The zero-order chi connectivity index (χ0) is 9.26. The first kappa shape index (κ1) is 8.53. The predicted molar refractivity (Wildman–Crippen MR) is 63.3 cm³/mol. The van der Waals surface area contributed by atoms with Crippen LogP contribution >= 0.6 is 24.4 Å². The van der Waals surface area contributed by atoms with Gasteiger partial charge in [0.2, 0.25) is 0 Å². The molecule has 1 aliphatic heterocycles. The van der Waals surface area contributed by atoms with E-state index in [2.05, 4.69) is 0 Å². The largest absolute Gasteiger partial charge is 0.292 e. The van der Waals surface area contributed by atoms with Crippen molar-refractivity contribution in [3.63, 3.8) is 0 Å². The Morgan fingerprint density at radius 2 is 1.38 bits per heavy atom. The molecule has 0 aromatic heterocycles. The van der Waals surface area contributed by atoms with Gasteiger partial charge in [0, 0.05) is 5.69 Å². The third-order valence-corrected chi connectivity index (χ3v) is 2.46. The van der Waals surface area contributed by atoms with E-state index >= 15 is 0 Å². The maximum Gasteiger partial charge on any atom is 0.111 e. The summed E-state index contributed by atoms with van der Waals surface area (Å²) in [6, 6.07) is 9.90. The van der Waals surface area contributed by atoms with Crippen molar-refractivity contribution in [3.8, 4) is 0 Å². The lowest BCUT2D eigenvalue weighted by molar-refractivity contribution is 1.50. The fourth-order valence-corrected chi connectivity index (χ4v) is 1.83. The molecule has 64 valence electrons. The quantitative estimate of drug-likeness (QED) is 0.649. The maximum atomic E-state index is 5.15. The maximum absolute atomic E-state index is 5.15. The molecule has 0 saturated carbocycles. The molecule has 1 nitrogen and oxygen atoms in total. The number of para-hydroxylation sites is 1. The second-order valence-corrected chi connectivity index (χ2v) is 3.52. The van der Waals surface area contributed by atoms with Gasteiger partial charge in [-0.25, -0.2) is 0 Å². The van der Waals surface area contributed by atoms with Crippen molar-refractivity contribution in [1.29, 1.82) is 0 Å². The fourth-order valence-electron chi connectivity index (χ4n) is 1.23. The van der Waals surface area contributed by atoms with E-state index in [1.54, 1.807) is 0 Å². The molecule has 0 radical (unpaired) electrons. The minimum absolute atomic E-state index is 0.760. The SMILES string of the molecule is S=C1C=CC(=S)N1c1ccccc1. The van der Waals surface area contributed by atoms with Crippen molar-refractivity contribution in [2.24, 2.45) is 0 Å². The van der Waals surface area contributed by atoms with Gasteiger partial charge in [0.1, 0.15) is 9.98 Å². The molecule has 0 amide bonds. The minimum atomic E-state index is 0.760. The van der Waals surface area contributed by atoms with E-state index in [1.807, 2.05) is 47.4 Å². The van der Waals surface area contributed by atoms with Crippen LogP contribution in [0.2, 0.25) is 0 Å². The lowest BCUT2D eigenvalue weighted by atomic mass is 10.3. The highest BCUT2D eigenvalue weighted by Gasteiger charge is 2.17. The second-order valence-electron chi connectivity index (χ2n) is 2.68. The molecule has 0 N–H and O–H groups in total. The lowest BCUT2D eigenvalue weighted by Gasteiger charge is -2.17. The number of hydrogen-bond acceptors (Lipinski definition) is 2. The molecule has 1 heterocycles. The summed E-state index contributed by atoms with van der Waals surface area (Å²) in [4.78, 5) is 3.40. The smallest absolute Gasteiger partial charge is 0.111 e. The van der Waals surface area contributed by atoms with Crippen molar-refractivity contribution in [3.05, 3.63) is 42.5 Å². The van der Waals surface area contributed by atoms with Crippen molar-refractivity contribution in [1.82, 2.24) is 0 Å². The summed E-state index contributed by atoms with van der Waals surface area (Å²) < 4.78 is 0. The van der Waals surface area contributed by atoms with Crippen LogP contribution in [-0.4, -0.2) is 9.98 Å². The van der Waals surface area contributed by atoms with Crippen LogP contribution in [0.1, 0.15) is 0 Å². The molecule has 3 heteroatoms. The molecular formula is C10H7NS2. The summed E-state index contributed by atoms with van der Waals surface area (Å²) in [5.74, 6) is 0. The standard InChI is InChI=1S/C10H7NS2/c12-9-6-7-10(13)11(9)8-4-2-1-3-5-8/h1-7H. The van der Waals surface area contributed by atoms with Crippen molar-refractivity contribution in [2.45, 2.75) is 0 Å². The van der Waals surface area contributed by atoms with Crippen molar-refractivity contribution >= 4 is 40.1 Å². The van der Waals surface area contributed by atoms with Crippen LogP contribution < -0.4 is 4.90 Å². The third kappa shape index (κ3) is 1.53. The predicted octanol–water partition coefficient (Wildman–Crippen LogP) is 2.72. The lowest BCUT2D eigenvalue weighted by Crippen LogP contribution is -2.26. The van der Waals surface area contributed by atoms with Crippen LogP contribution in [0.15, 0.2) is 42.5 Å². The van der Waals surface area contributed by atoms with Gasteiger partial charge >= 0.3 is 0 Å². The number of hydrogen-bond donors (Lipinski definition) is 0. The van der Waals surface area contributed by atoms with Gasteiger partial charge in [-0.1, -0.05) is 42.6 Å². The molecule has 0 unspecified atom stereocenters. The summed E-state index contributed by atoms with van der Waals surface area (Å²) in [6.07, 6.45) is 3.70. The summed E-state index contributed by atoms with van der Waals surface area (Å²) in [6.45, 7) is 0. The highest BCUT2D eigenvalue weighted by molar-refractivity contribution is 7.83. The highest BCUT2D eigenvalue weighted by atomic mass is 32.1. The zero-order valence-electron chi connectivity index (χ0n) is 6.81. The minimum Gasteiger partial charge on any atom is -0.292 e. The van der Waals surface area contributed by atoms with E-state index in [4.69, 9.17) is 24.4 Å². The number of rotatable bonds is 1. The molecule has 1 aromatic rings. The Bertz CT molecular complexity index is 363. The summed E-state index contributed by atoms with van der Waals surface area (Å²) in [7, 11) is 0. The average molecular weight is 205 g/mol. The van der Waals surface area contributed by atoms with Gasteiger partial charge in [-0.05, 0) is 24.3 Å². The van der Waals surface area contributed by atoms with Crippen LogP contribution in [0.4, 0.5) is 5.69 Å². The number of thiocarbonyl (C=S) groups is 2. The summed E-state index contributed by atoms with van der Waals surface area (Å²) >= 11 is 10.3. The second kappa shape index (κ2) is 3.36. The molecule has 1 aromatic carbocycles. The normalized spacial score (nSPS) is 15.5. The Morgan fingerprint density at radius 1 is 0.846 bits per heavy atom. The Balaban J connectivity index is 2.38. The van der Waals surface area contributed by atoms with E-state index in [-0.39, 0.29) is 0 Å². The van der Waals surface area contributed by atoms with Crippen LogP contribution in [-0.2, 0) is 0 Å². The molecule has 0 saturated heterocycles. The fraction of sp³-hybridized carbons (Fsp3) is 0. The number of nitrogens with zero attached hydrogens (tertiary/aromatic N) is 1. The van der Waals surface area contributed by atoms with Gasteiger partial charge < -0.3 is 0 Å². The molecule has 0 fully saturated rings. The van der Waals surface area contributed by atoms with E-state index in [1.165, 1.54) is 0 Å². The van der Waals surface area contributed by atoms with Gasteiger partial charge in [0.25, 0.3) is 0 Å². The Hall–Kier alpha value is -1.06. The molecule has 0 spiro atoms. The van der Waals surface area contributed by atoms with E-state index in [0.717, 1.165) is 15.7 Å².